The number of halogens is 3. The maximum atomic E-state index is 15.4. The number of hydrogen-bond acceptors (Lipinski definition) is 8. The van der Waals surface area contributed by atoms with Crippen molar-refractivity contribution in [3.63, 3.8) is 0 Å². The van der Waals surface area contributed by atoms with Crippen LogP contribution in [0.2, 0.25) is 15.1 Å². The first kappa shape index (κ1) is 45.0. The summed E-state index contributed by atoms with van der Waals surface area (Å²) < 4.78 is 12.9. The Bertz CT molecular complexity index is 3540. The van der Waals surface area contributed by atoms with E-state index in [9.17, 15) is 30.3 Å². The molecular weight excluding hydrogens is 943 g/mol. The predicted octanol–water partition coefficient (Wildman–Crippen LogP) is 13.2. The van der Waals surface area contributed by atoms with Crippen molar-refractivity contribution in [2.75, 3.05) is 0 Å². The molecule has 0 fully saturated rings. The fourth-order valence-electron chi connectivity index (χ4n) is 10.00. The van der Waals surface area contributed by atoms with E-state index in [1.165, 1.54) is 36.4 Å². The minimum atomic E-state index is -1.93. The summed E-state index contributed by atoms with van der Waals surface area (Å²) in [5.74, 6) is -0.790. The van der Waals surface area contributed by atoms with E-state index in [2.05, 4.69) is 0 Å². The number of esters is 1. The van der Waals surface area contributed by atoms with Crippen LogP contribution in [0, 0.1) is 51.1 Å². The standard InChI is InChI=1S/C52H37Cl3N6O8/c1-29-48(41-22-38(59(63)64)16-19-45(41)56(29)26-32-4-10-35(53)11-5-32)44-25-52(69-51(44)62,49-30(2)57(27-33-6-12-36(54)13-7-33)46-20-17-39(60(65)66)23-42(46)49)50-31(3)58(28-34-8-14-37(55)15-9-34)47-21-18-40(61(67)68)24-43(47)50/h4-25H,26-28H2,1-3H3. The number of rotatable bonds is 12. The number of nitro groups is 3. The van der Waals surface area contributed by atoms with Crippen LogP contribution in [-0.2, 0) is 34.8 Å². The Labute approximate surface area is 407 Å². The molecule has 0 radical (unpaired) electrons. The van der Waals surface area contributed by atoms with E-state index in [0.29, 0.717) is 88.1 Å². The normalized spacial score (nSPS) is 13.4. The van der Waals surface area contributed by atoms with Crippen LogP contribution in [0.4, 0.5) is 17.1 Å². The number of carbonyl (C=O) groups is 1. The summed E-state index contributed by atoms with van der Waals surface area (Å²) in [5, 5.41) is 40.4. The lowest BCUT2D eigenvalue weighted by Gasteiger charge is -2.29. The predicted molar refractivity (Wildman–Crippen MR) is 266 cm³/mol. The number of aromatic nitrogens is 3. The van der Waals surface area contributed by atoms with Gasteiger partial charge in [0, 0.05) is 138 Å². The molecule has 9 aromatic rings. The maximum Gasteiger partial charge on any atom is 0.340 e. The van der Waals surface area contributed by atoms with Crippen molar-refractivity contribution in [3.8, 4) is 0 Å². The Hall–Kier alpha value is -7.78. The van der Waals surface area contributed by atoms with E-state index in [1.807, 2.05) is 70.9 Å². The van der Waals surface area contributed by atoms with Gasteiger partial charge in [0.2, 0.25) is 0 Å². The van der Waals surface area contributed by atoms with Crippen LogP contribution in [0.15, 0.2) is 133 Å². The molecule has 10 rings (SSSR count). The smallest absolute Gasteiger partial charge is 0.340 e. The molecule has 3 aromatic heterocycles. The van der Waals surface area contributed by atoms with Crippen LogP contribution in [0.5, 0.6) is 0 Å². The molecule has 0 N–H and O–H groups in total. The summed E-state index contributed by atoms with van der Waals surface area (Å²) in [7, 11) is 0. The van der Waals surface area contributed by atoms with Crippen molar-refractivity contribution in [2.45, 2.75) is 46.0 Å². The van der Waals surface area contributed by atoms with Gasteiger partial charge < -0.3 is 18.4 Å². The highest BCUT2D eigenvalue weighted by atomic mass is 35.5. The molecule has 17 heteroatoms. The number of nitro benzene ring substituents is 3. The van der Waals surface area contributed by atoms with E-state index in [1.54, 1.807) is 60.7 Å². The summed E-state index contributed by atoms with van der Waals surface area (Å²) in [6, 6.07) is 35.4. The molecule has 69 heavy (non-hydrogen) atoms. The average molecular weight is 980 g/mol. The van der Waals surface area contributed by atoms with Gasteiger partial charge >= 0.3 is 5.97 Å². The zero-order valence-electron chi connectivity index (χ0n) is 36.9. The van der Waals surface area contributed by atoms with Crippen LogP contribution in [0.3, 0.4) is 0 Å². The number of benzene rings is 6. The van der Waals surface area contributed by atoms with E-state index < -0.39 is 26.3 Å². The van der Waals surface area contributed by atoms with Crippen LogP contribution < -0.4 is 0 Å². The van der Waals surface area contributed by atoms with Crippen molar-refractivity contribution >= 4 is 96.1 Å². The lowest BCUT2D eigenvalue weighted by atomic mass is 9.81. The molecule has 344 valence electrons. The second-order valence-electron chi connectivity index (χ2n) is 17.1. The highest BCUT2D eigenvalue weighted by Gasteiger charge is 2.50. The highest BCUT2D eigenvalue weighted by Crippen LogP contribution is 2.53. The van der Waals surface area contributed by atoms with Crippen molar-refractivity contribution in [2.24, 2.45) is 0 Å². The van der Waals surface area contributed by atoms with Crippen molar-refractivity contribution in [1.29, 1.82) is 0 Å². The molecule has 6 aromatic carbocycles. The largest absolute Gasteiger partial charge is 0.441 e. The highest BCUT2D eigenvalue weighted by molar-refractivity contribution is 6.31. The summed E-state index contributed by atoms with van der Waals surface area (Å²) in [4.78, 5) is 51.4. The van der Waals surface area contributed by atoms with Gasteiger partial charge in [-0.3, -0.25) is 30.3 Å². The molecule has 0 unspecified atom stereocenters. The molecule has 0 spiro atoms. The second-order valence-corrected chi connectivity index (χ2v) is 18.4. The molecule has 0 aliphatic carbocycles. The molecule has 4 heterocycles. The Kier molecular flexibility index (Phi) is 11.1. The Morgan fingerprint density at radius 2 is 0.826 bits per heavy atom. The number of cyclic esters (lactones) is 1. The SMILES string of the molecule is Cc1c(C2=CC(c3c(C)n(Cc4ccc(Cl)cc4)c4ccc([N+](=O)[O-])cc34)(c3c(C)n(Cc4ccc(Cl)cc4)c4ccc([N+](=O)[O-])cc34)OC2=O)c2cc([N+](=O)[O-])ccc2n1Cc1ccc(Cl)cc1. The zero-order chi connectivity index (χ0) is 48.6. The molecule has 14 nitrogen and oxygen atoms in total. The van der Waals surface area contributed by atoms with Gasteiger partial charge in [0.1, 0.15) is 0 Å². The van der Waals surface area contributed by atoms with Crippen LogP contribution >= 0.6 is 34.8 Å². The van der Waals surface area contributed by atoms with Crippen LogP contribution in [0.25, 0.3) is 38.3 Å². The van der Waals surface area contributed by atoms with E-state index in [0.717, 1.165) is 16.7 Å². The Morgan fingerprint density at radius 3 is 1.19 bits per heavy atom. The maximum absolute atomic E-state index is 15.4. The lowest BCUT2D eigenvalue weighted by molar-refractivity contribution is -0.384. The van der Waals surface area contributed by atoms with Gasteiger partial charge in [-0.05, 0) is 98.1 Å². The van der Waals surface area contributed by atoms with E-state index >= 15 is 4.79 Å². The van der Waals surface area contributed by atoms with Crippen LogP contribution in [-0.4, -0.2) is 34.4 Å². The van der Waals surface area contributed by atoms with E-state index in [-0.39, 0.29) is 35.7 Å². The first-order chi connectivity index (χ1) is 33.0. The zero-order valence-corrected chi connectivity index (χ0v) is 39.2. The molecule has 1 aliphatic rings. The molecule has 1 aliphatic heterocycles. The third-order valence-electron chi connectivity index (χ3n) is 13.1. The Balaban J connectivity index is 1.33. The van der Waals surface area contributed by atoms with Gasteiger partial charge in [-0.2, -0.15) is 0 Å². The summed E-state index contributed by atoms with van der Waals surface area (Å²) in [6.45, 7) is 6.38. The molecule has 0 bridgehead atoms. The quantitative estimate of drug-likeness (QED) is 0.0661. The Morgan fingerprint density at radius 1 is 0.493 bits per heavy atom. The number of ether oxygens (including phenoxy) is 1. The molecule has 0 atom stereocenters. The first-order valence-electron chi connectivity index (χ1n) is 21.6. The van der Waals surface area contributed by atoms with Gasteiger partial charge in [0.25, 0.3) is 17.1 Å². The van der Waals surface area contributed by atoms with Gasteiger partial charge in [-0.1, -0.05) is 71.2 Å². The topological polar surface area (TPSA) is 171 Å². The number of hydrogen-bond donors (Lipinski definition) is 0. The van der Waals surface area contributed by atoms with Gasteiger partial charge in [-0.25, -0.2) is 4.79 Å². The minimum Gasteiger partial charge on any atom is -0.441 e. The van der Waals surface area contributed by atoms with Crippen molar-refractivity contribution in [1.82, 2.24) is 13.7 Å². The summed E-state index contributed by atoms with van der Waals surface area (Å²) >= 11 is 18.8. The second kappa shape index (κ2) is 17.1. The van der Waals surface area contributed by atoms with Gasteiger partial charge in [-0.15, -0.1) is 0 Å². The molecule has 0 amide bonds. The first-order valence-corrected chi connectivity index (χ1v) is 22.7. The fourth-order valence-corrected chi connectivity index (χ4v) is 10.4. The summed E-state index contributed by atoms with van der Waals surface area (Å²) in [5.41, 5.74) is 4.73. The monoisotopic (exact) mass is 978 g/mol. The molecule has 0 saturated carbocycles. The number of non-ortho nitro benzene ring substituents is 3. The molecular formula is C52H37Cl3N6O8. The average Bonchev–Trinajstić information content (AvgIpc) is 3.99. The summed E-state index contributed by atoms with van der Waals surface area (Å²) in [6.07, 6.45) is 1.68. The third kappa shape index (κ3) is 7.66. The molecule has 0 saturated heterocycles. The minimum absolute atomic E-state index is 0.0692. The van der Waals surface area contributed by atoms with Gasteiger partial charge in [0.15, 0.2) is 5.60 Å². The van der Waals surface area contributed by atoms with Crippen molar-refractivity contribution in [3.05, 3.63) is 229 Å². The van der Waals surface area contributed by atoms with Gasteiger partial charge in [0.05, 0.1) is 20.3 Å². The number of nitrogens with zero attached hydrogens (tertiary/aromatic N) is 6. The van der Waals surface area contributed by atoms with E-state index in [4.69, 9.17) is 39.5 Å². The number of carbonyl (C=O) groups excluding carboxylic acids is 1. The van der Waals surface area contributed by atoms with Crippen LogP contribution in [0.1, 0.15) is 50.5 Å². The lowest BCUT2D eigenvalue weighted by Crippen LogP contribution is -2.29. The van der Waals surface area contributed by atoms with Crippen molar-refractivity contribution < 1.29 is 24.3 Å². The number of fused-ring (bicyclic) bond motifs is 3. The third-order valence-corrected chi connectivity index (χ3v) is 13.9. The fraction of sp³-hybridized carbons (Fsp3) is 0.135.